The Hall–Kier alpha value is -3.10. The molecule has 0 bridgehead atoms. The Kier molecular flexibility index (Phi) is 7.43. The number of allylic oxidation sites excluding steroid dienone is 1. The van der Waals surface area contributed by atoms with Crippen LogP contribution in [0.3, 0.4) is 0 Å². The van der Waals surface area contributed by atoms with Crippen LogP contribution in [0, 0.1) is 11.3 Å². The van der Waals surface area contributed by atoms with Gasteiger partial charge in [-0.25, -0.2) is 9.97 Å². The van der Waals surface area contributed by atoms with E-state index in [2.05, 4.69) is 27.9 Å². The highest BCUT2D eigenvalue weighted by molar-refractivity contribution is 8.17. The average Bonchev–Trinajstić information content (AvgIpc) is 3.33. The Morgan fingerprint density at radius 1 is 1.31 bits per heavy atom. The van der Waals surface area contributed by atoms with Crippen LogP contribution in [-0.4, -0.2) is 49.9 Å². The Balaban J connectivity index is 1.28. The van der Waals surface area contributed by atoms with Crippen molar-refractivity contribution in [3.63, 3.8) is 0 Å². The molecule has 9 heteroatoms. The summed E-state index contributed by atoms with van der Waals surface area (Å²) in [5.41, 5.74) is 2.67. The van der Waals surface area contributed by atoms with E-state index in [1.165, 1.54) is 11.0 Å². The van der Waals surface area contributed by atoms with Crippen molar-refractivity contribution >= 4 is 51.2 Å². The monoisotopic (exact) mass is 520 g/mol. The van der Waals surface area contributed by atoms with Gasteiger partial charge < -0.3 is 15.2 Å². The molecule has 2 atom stereocenters. The molecule has 0 radical (unpaired) electrons. The minimum Gasteiger partial charge on any atom is -0.360 e. The summed E-state index contributed by atoms with van der Waals surface area (Å²) in [4.78, 5) is 27.5. The van der Waals surface area contributed by atoms with Crippen LogP contribution < -0.4 is 5.32 Å². The van der Waals surface area contributed by atoms with Gasteiger partial charge in [0, 0.05) is 47.7 Å². The van der Waals surface area contributed by atoms with Gasteiger partial charge in [-0.2, -0.15) is 0 Å². The van der Waals surface area contributed by atoms with E-state index in [1.807, 2.05) is 30.5 Å². The van der Waals surface area contributed by atoms with E-state index in [0.717, 1.165) is 55.1 Å². The SMILES string of the molecule is C=CC(=O)N1CCCC(C(=N)SC2=C[C@H](Nc3ncc(Cl)c(-c4c[nH]c5ccccc45)n3)CCC2)C1. The maximum atomic E-state index is 12.0. The summed E-state index contributed by atoms with van der Waals surface area (Å²) < 4.78 is 0. The van der Waals surface area contributed by atoms with Crippen LogP contribution in [0.1, 0.15) is 32.1 Å². The lowest BCUT2D eigenvalue weighted by molar-refractivity contribution is -0.127. The summed E-state index contributed by atoms with van der Waals surface area (Å²) in [7, 11) is 0. The smallest absolute Gasteiger partial charge is 0.245 e. The van der Waals surface area contributed by atoms with Gasteiger partial charge in [-0.05, 0) is 49.2 Å². The lowest BCUT2D eigenvalue weighted by Gasteiger charge is -2.32. The molecule has 0 spiro atoms. The number of thioether (sulfide) groups is 1. The van der Waals surface area contributed by atoms with E-state index in [-0.39, 0.29) is 17.9 Å². The Labute approximate surface area is 219 Å². The number of amides is 1. The van der Waals surface area contributed by atoms with Crippen molar-refractivity contribution in [3.8, 4) is 11.3 Å². The predicted octanol–water partition coefficient (Wildman–Crippen LogP) is 6.26. The molecule has 5 rings (SSSR count). The van der Waals surface area contributed by atoms with Crippen LogP contribution in [0.5, 0.6) is 0 Å². The maximum Gasteiger partial charge on any atom is 0.245 e. The number of aromatic amines is 1. The number of hydrogen-bond acceptors (Lipinski definition) is 6. The summed E-state index contributed by atoms with van der Waals surface area (Å²) >= 11 is 8.03. The Bertz CT molecular complexity index is 1330. The number of aromatic nitrogens is 3. The van der Waals surface area contributed by atoms with Crippen molar-refractivity contribution in [2.45, 2.75) is 38.1 Å². The number of carbonyl (C=O) groups is 1. The number of para-hydroxylation sites is 1. The largest absolute Gasteiger partial charge is 0.360 e. The molecule has 1 unspecified atom stereocenters. The molecule has 3 heterocycles. The van der Waals surface area contributed by atoms with E-state index in [4.69, 9.17) is 22.0 Å². The van der Waals surface area contributed by atoms with Crippen LogP contribution in [0.15, 0.2) is 60.3 Å². The van der Waals surface area contributed by atoms with E-state index >= 15 is 0 Å². The van der Waals surface area contributed by atoms with E-state index in [1.54, 1.807) is 22.9 Å². The van der Waals surface area contributed by atoms with Crippen LogP contribution in [-0.2, 0) is 4.79 Å². The fraction of sp³-hybridized carbons (Fsp3) is 0.333. The number of carbonyl (C=O) groups excluding carboxylic acids is 1. The van der Waals surface area contributed by atoms with Gasteiger partial charge in [0.05, 0.1) is 22.0 Å². The summed E-state index contributed by atoms with van der Waals surface area (Å²) in [5.74, 6) is 0.571. The van der Waals surface area contributed by atoms with Crippen LogP contribution in [0.2, 0.25) is 5.02 Å². The number of H-pyrrole nitrogens is 1. The second-order valence-corrected chi connectivity index (χ2v) is 10.8. The van der Waals surface area contributed by atoms with Gasteiger partial charge in [0.1, 0.15) is 0 Å². The quantitative estimate of drug-likeness (QED) is 0.202. The Morgan fingerprint density at radius 2 is 2.17 bits per heavy atom. The second kappa shape index (κ2) is 10.9. The molecule has 0 saturated carbocycles. The van der Waals surface area contributed by atoms with Crippen molar-refractivity contribution in [2.75, 3.05) is 18.4 Å². The normalized spacial score (nSPS) is 20.1. The maximum absolute atomic E-state index is 12.0. The van der Waals surface area contributed by atoms with E-state index in [9.17, 15) is 4.79 Å². The molecular weight excluding hydrogens is 492 g/mol. The number of benzene rings is 1. The van der Waals surface area contributed by atoms with Crippen LogP contribution in [0.4, 0.5) is 5.95 Å². The Morgan fingerprint density at radius 3 is 3.03 bits per heavy atom. The number of likely N-dealkylation sites (tertiary alicyclic amines) is 1. The van der Waals surface area contributed by atoms with Gasteiger partial charge in [0.25, 0.3) is 0 Å². The molecule has 7 nitrogen and oxygen atoms in total. The topological polar surface area (TPSA) is 97.8 Å². The molecular formula is C27H29ClN6OS. The number of nitrogens with zero attached hydrogens (tertiary/aromatic N) is 3. The van der Waals surface area contributed by atoms with Gasteiger partial charge in [-0.3, -0.25) is 10.2 Å². The molecule has 1 amide bonds. The standard InChI is InChI=1S/C27H29ClN6OS/c1-2-24(35)34-12-6-7-17(16-34)26(29)36-19-9-5-8-18(13-19)32-27-31-15-22(28)25(33-27)21-14-30-23-11-4-3-10-20(21)23/h2-4,10-11,13-15,17-18,29-30H,1,5-9,12,16H2,(H,31,32,33)/t17?,18-/m1/s1. The van der Waals surface area contributed by atoms with Crippen molar-refractivity contribution in [1.82, 2.24) is 19.9 Å². The average molecular weight is 521 g/mol. The minimum atomic E-state index is -0.0476. The first-order valence-electron chi connectivity index (χ1n) is 12.3. The molecule has 2 aliphatic rings. The molecule has 1 fully saturated rings. The van der Waals surface area contributed by atoms with Crippen molar-refractivity contribution in [3.05, 3.63) is 65.3 Å². The fourth-order valence-electron chi connectivity index (χ4n) is 4.89. The highest BCUT2D eigenvalue weighted by Crippen LogP contribution is 2.35. The number of rotatable bonds is 6. The molecule has 1 aliphatic heterocycles. The molecule has 3 N–H and O–H groups in total. The molecule has 1 saturated heterocycles. The van der Waals surface area contributed by atoms with Crippen molar-refractivity contribution < 1.29 is 4.79 Å². The van der Waals surface area contributed by atoms with Gasteiger partial charge in [-0.15, -0.1) is 0 Å². The van der Waals surface area contributed by atoms with Crippen molar-refractivity contribution in [1.29, 1.82) is 5.41 Å². The highest BCUT2D eigenvalue weighted by Gasteiger charge is 2.27. The zero-order valence-corrected chi connectivity index (χ0v) is 21.5. The lowest BCUT2D eigenvalue weighted by Crippen LogP contribution is -2.40. The lowest BCUT2D eigenvalue weighted by atomic mass is 9.99. The third-order valence-corrected chi connectivity index (χ3v) is 8.18. The molecule has 186 valence electrons. The number of nitrogens with one attached hydrogen (secondary N) is 3. The summed E-state index contributed by atoms with van der Waals surface area (Å²) in [6, 6.07) is 8.15. The number of anilines is 1. The van der Waals surface area contributed by atoms with Crippen molar-refractivity contribution in [2.24, 2.45) is 5.92 Å². The van der Waals surface area contributed by atoms with Crippen LogP contribution >= 0.6 is 23.4 Å². The van der Waals surface area contributed by atoms with Crippen LogP contribution in [0.25, 0.3) is 22.2 Å². The summed E-state index contributed by atoms with van der Waals surface area (Å²) in [6.45, 7) is 4.94. The zero-order chi connectivity index (χ0) is 25.1. The van der Waals surface area contributed by atoms with Gasteiger partial charge >= 0.3 is 0 Å². The molecule has 2 aromatic heterocycles. The highest BCUT2D eigenvalue weighted by atomic mass is 35.5. The number of halogens is 1. The van der Waals surface area contributed by atoms with Gasteiger partial charge in [0.15, 0.2) is 0 Å². The summed E-state index contributed by atoms with van der Waals surface area (Å²) in [6.07, 6.45) is 11.9. The van der Waals surface area contributed by atoms with Gasteiger partial charge in [-0.1, -0.05) is 54.2 Å². The molecule has 1 aromatic carbocycles. The second-order valence-electron chi connectivity index (χ2n) is 9.21. The molecule has 36 heavy (non-hydrogen) atoms. The van der Waals surface area contributed by atoms with Gasteiger partial charge in [0.2, 0.25) is 11.9 Å². The molecule has 1 aliphatic carbocycles. The first-order valence-corrected chi connectivity index (χ1v) is 13.4. The third kappa shape index (κ3) is 5.34. The predicted molar refractivity (Wildman–Crippen MR) is 148 cm³/mol. The first kappa shape index (κ1) is 24.6. The number of piperidine rings is 1. The first-order chi connectivity index (χ1) is 17.5. The summed E-state index contributed by atoms with van der Waals surface area (Å²) in [5, 5.41) is 14.3. The van der Waals surface area contributed by atoms with E-state index < -0.39 is 0 Å². The fourth-order valence-corrected chi connectivity index (χ4v) is 6.20. The molecule has 3 aromatic rings. The zero-order valence-electron chi connectivity index (χ0n) is 20.0. The number of fused-ring (bicyclic) bond motifs is 1. The van der Waals surface area contributed by atoms with E-state index in [0.29, 0.717) is 28.3 Å². The third-order valence-electron chi connectivity index (χ3n) is 6.75. The minimum absolute atomic E-state index is 0.0476. The number of hydrogen-bond donors (Lipinski definition) is 3.